The van der Waals surface area contributed by atoms with E-state index in [1.54, 1.807) is 4.90 Å². The van der Waals surface area contributed by atoms with Crippen LogP contribution in [-0.4, -0.2) is 23.9 Å². The van der Waals surface area contributed by atoms with Crippen LogP contribution in [0.1, 0.15) is 32.1 Å². The third-order valence-electron chi connectivity index (χ3n) is 4.18. The summed E-state index contributed by atoms with van der Waals surface area (Å²) < 4.78 is 40.7. The molecule has 0 unspecified atom stereocenters. The lowest BCUT2D eigenvalue weighted by atomic mass is 9.87. The molecule has 0 radical (unpaired) electrons. The van der Waals surface area contributed by atoms with E-state index in [0.29, 0.717) is 5.69 Å². The van der Waals surface area contributed by atoms with E-state index in [-0.39, 0.29) is 17.7 Å². The Labute approximate surface area is 137 Å². The van der Waals surface area contributed by atoms with E-state index in [0.717, 1.165) is 32.1 Å². The summed E-state index contributed by atoms with van der Waals surface area (Å²) in [6.07, 6.45) is -0.183. The lowest BCUT2D eigenvalue weighted by Gasteiger charge is -2.45. The van der Waals surface area contributed by atoms with Gasteiger partial charge in [-0.15, -0.1) is 13.2 Å². The first kappa shape index (κ1) is 16.4. The minimum absolute atomic E-state index is 0.127. The summed E-state index contributed by atoms with van der Waals surface area (Å²) in [5.74, 6) is 0.0241. The summed E-state index contributed by atoms with van der Waals surface area (Å²) in [4.78, 5) is 10.3. The van der Waals surface area contributed by atoms with Gasteiger partial charge in [-0.25, -0.2) is 4.99 Å². The van der Waals surface area contributed by atoms with Gasteiger partial charge < -0.3 is 16.2 Å². The lowest BCUT2D eigenvalue weighted by Crippen LogP contribution is -2.58. The number of nitrogens with zero attached hydrogens (tertiary/aromatic N) is 3. The highest BCUT2D eigenvalue weighted by Gasteiger charge is 2.42. The monoisotopic (exact) mass is 341 g/mol. The van der Waals surface area contributed by atoms with Gasteiger partial charge in [-0.05, 0) is 49.9 Å². The van der Waals surface area contributed by atoms with Crippen molar-refractivity contribution < 1.29 is 17.9 Å². The smallest absolute Gasteiger partial charge is 0.406 e. The van der Waals surface area contributed by atoms with Gasteiger partial charge in [0.1, 0.15) is 11.4 Å². The van der Waals surface area contributed by atoms with Crippen molar-refractivity contribution in [2.45, 2.75) is 44.1 Å². The zero-order chi connectivity index (χ0) is 17.4. The number of halogens is 3. The second kappa shape index (κ2) is 5.88. The van der Waals surface area contributed by atoms with E-state index in [9.17, 15) is 13.2 Å². The second-order valence-electron chi connectivity index (χ2n) is 5.86. The maximum absolute atomic E-state index is 12.3. The molecule has 9 heteroatoms. The zero-order valence-corrected chi connectivity index (χ0v) is 12.9. The quantitative estimate of drug-likeness (QED) is 0.865. The van der Waals surface area contributed by atoms with E-state index in [2.05, 4.69) is 14.7 Å². The third kappa shape index (κ3) is 3.24. The Balaban J connectivity index is 1.92. The van der Waals surface area contributed by atoms with E-state index in [1.165, 1.54) is 24.3 Å². The first-order valence-electron chi connectivity index (χ1n) is 7.65. The van der Waals surface area contributed by atoms with Crippen LogP contribution in [0.25, 0.3) is 0 Å². The molecule has 1 heterocycles. The van der Waals surface area contributed by atoms with Gasteiger partial charge in [-0.2, -0.15) is 4.99 Å². The SMILES string of the molecule is NC1=NC2(CCCCC2)N(c2ccc(OC(F)(F)F)cc2)C(N)=N1. The number of guanidine groups is 2. The summed E-state index contributed by atoms with van der Waals surface area (Å²) >= 11 is 0. The average Bonchev–Trinajstić information content (AvgIpc) is 2.47. The predicted molar refractivity (Wildman–Crippen MR) is 84.7 cm³/mol. The molecule has 3 rings (SSSR count). The molecule has 0 saturated heterocycles. The van der Waals surface area contributed by atoms with Crippen LogP contribution >= 0.6 is 0 Å². The van der Waals surface area contributed by atoms with Crippen LogP contribution in [-0.2, 0) is 0 Å². The fourth-order valence-electron chi connectivity index (χ4n) is 3.29. The van der Waals surface area contributed by atoms with Crippen molar-refractivity contribution in [1.82, 2.24) is 0 Å². The Bertz CT molecular complexity index is 663. The maximum atomic E-state index is 12.3. The predicted octanol–water partition coefficient (Wildman–Crippen LogP) is 2.70. The Morgan fingerprint density at radius 3 is 2.25 bits per heavy atom. The Hall–Kier alpha value is -2.45. The number of nitrogens with two attached hydrogens (primary N) is 2. The van der Waals surface area contributed by atoms with Crippen molar-refractivity contribution in [3.05, 3.63) is 24.3 Å². The zero-order valence-electron chi connectivity index (χ0n) is 12.9. The van der Waals surface area contributed by atoms with E-state index >= 15 is 0 Å². The summed E-state index contributed by atoms with van der Waals surface area (Å²) in [6.45, 7) is 0. The molecule has 2 aliphatic rings. The molecule has 0 bridgehead atoms. The minimum Gasteiger partial charge on any atom is -0.406 e. The molecule has 1 fully saturated rings. The Kier molecular flexibility index (Phi) is 4.02. The molecule has 1 aliphatic carbocycles. The van der Waals surface area contributed by atoms with Crippen LogP contribution in [0.15, 0.2) is 34.3 Å². The Morgan fingerprint density at radius 2 is 1.67 bits per heavy atom. The van der Waals surface area contributed by atoms with Gasteiger partial charge in [0.2, 0.25) is 11.9 Å². The molecule has 1 aliphatic heterocycles. The van der Waals surface area contributed by atoms with Gasteiger partial charge in [0.25, 0.3) is 0 Å². The van der Waals surface area contributed by atoms with Gasteiger partial charge in [0, 0.05) is 5.69 Å². The first-order chi connectivity index (χ1) is 11.3. The number of hydrogen-bond acceptors (Lipinski definition) is 6. The highest BCUT2D eigenvalue weighted by Crippen LogP contribution is 2.39. The molecule has 1 spiro atoms. The molecular weight excluding hydrogens is 323 g/mol. The molecule has 6 nitrogen and oxygen atoms in total. The van der Waals surface area contributed by atoms with Crippen molar-refractivity contribution >= 4 is 17.6 Å². The van der Waals surface area contributed by atoms with E-state index in [4.69, 9.17) is 11.5 Å². The van der Waals surface area contributed by atoms with Crippen LogP contribution in [0, 0.1) is 0 Å². The third-order valence-corrected chi connectivity index (χ3v) is 4.18. The normalized spacial score (nSPS) is 20.5. The number of aliphatic imine (C=N–C) groups is 2. The van der Waals surface area contributed by atoms with Crippen molar-refractivity contribution in [1.29, 1.82) is 0 Å². The molecule has 24 heavy (non-hydrogen) atoms. The average molecular weight is 341 g/mol. The van der Waals surface area contributed by atoms with E-state index < -0.39 is 12.0 Å². The molecule has 130 valence electrons. The van der Waals surface area contributed by atoms with Gasteiger partial charge in [0.05, 0.1) is 0 Å². The highest BCUT2D eigenvalue weighted by atomic mass is 19.4. The molecule has 1 saturated carbocycles. The van der Waals surface area contributed by atoms with Crippen LogP contribution < -0.4 is 21.1 Å². The molecule has 0 atom stereocenters. The first-order valence-corrected chi connectivity index (χ1v) is 7.65. The van der Waals surface area contributed by atoms with Crippen molar-refractivity contribution in [3.8, 4) is 5.75 Å². The van der Waals surface area contributed by atoms with Crippen molar-refractivity contribution in [2.75, 3.05) is 4.90 Å². The fraction of sp³-hybridized carbons (Fsp3) is 0.467. The fourth-order valence-corrected chi connectivity index (χ4v) is 3.29. The number of benzene rings is 1. The number of ether oxygens (including phenoxy) is 1. The summed E-state index contributed by atoms with van der Waals surface area (Å²) in [5.41, 5.74) is 11.8. The molecular formula is C15H18F3N5O. The number of anilines is 1. The highest BCUT2D eigenvalue weighted by molar-refractivity contribution is 6.05. The van der Waals surface area contributed by atoms with Crippen LogP contribution in [0.4, 0.5) is 18.9 Å². The standard InChI is InChI=1S/C15H18F3N5O/c16-15(17,18)24-11-6-4-10(5-7-11)23-13(20)21-12(19)22-14(23)8-2-1-3-9-14/h4-7H,1-3,8-9H2,(H4,19,20,21,22). The topological polar surface area (TPSA) is 89.2 Å². The number of rotatable bonds is 2. The Morgan fingerprint density at radius 1 is 1.04 bits per heavy atom. The lowest BCUT2D eigenvalue weighted by molar-refractivity contribution is -0.274. The van der Waals surface area contributed by atoms with Gasteiger partial charge in [-0.1, -0.05) is 6.42 Å². The molecule has 1 aromatic rings. The largest absolute Gasteiger partial charge is 0.573 e. The van der Waals surface area contributed by atoms with Crippen LogP contribution in [0.3, 0.4) is 0 Å². The summed E-state index contributed by atoms with van der Waals surface area (Å²) in [6, 6.07) is 5.51. The minimum atomic E-state index is -4.73. The van der Waals surface area contributed by atoms with E-state index in [1.807, 2.05) is 0 Å². The number of hydrogen-bond donors (Lipinski definition) is 2. The van der Waals surface area contributed by atoms with Gasteiger partial charge >= 0.3 is 6.36 Å². The van der Waals surface area contributed by atoms with Gasteiger partial charge in [0.15, 0.2) is 0 Å². The molecule has 4 N–H and O–H groups in total. The van der Waals surface area contributed by atoms with Crippen LogP contribution in [0.2, 0.25) is 0 Å². The van der Waals surface area contributed by atoms with Crippen molar-refractivity contribution in [3.63, 3.8) is 0 Å². The van der Waals surface area contributed by atoms with Crippen molar-refractivity contribution in [2.24, 2.45) is 21.5 Å². The molecule has 0 amide bonds. The van der Waals surface area contributed by atoms with Crippen LogP contribution in [0.5, 0.6) is 5.75 Å². The summed E-state index contributed by atoms with van der Waals surface area (Å²) in [7, 11) is 0. The molecule has 0 aromatic heterocycles. The second-order valence-corrected chi connectivity index (χ2v) is 5.86. The summed E-state index contributed by atoms with van der Waals surface area (Å²) in [5, 5.41) is 0. The molecule has 1 aromatic carbocycles. The van der Waals surface area contributed by atoms with Gasteiger partial charge in [-0.3, -0.25) is 4.90 Å². The maximum Gasteiger partial charge on any atom is 0.573 e. The number of alkyl halides is 3.